The molecule has 1 aliphatic rings. The summed E-state index contributed by atoms with van der Waals surface area (Å²) in [6.07, 6.45) is 7.95. The number of piperidine rings is 1. The lowest BCUT2D eigenvalue weighted by atomic mass is 9.96. The molecule has 2 nitrogen and oxygen atoms in total. The molecule has 1 fully saturated rings. The van der Waals surface area contributed by atoms with E-state index in [4.69, 9.17) is 5.73 Å². The molecule has 1 heterocycles. The van der Waals surface area contributed by atoms with Gasteiger partial charge in [-0.2, -0.15) is 0 Å². The van der Waals surface area contributed by atoms with Crippen LogP contribution in [-0.4, -0.2) is 30.1 Å². The van der Waals surface area contributed by atoms with Crippen molar-refractivity contribution >= 4 is 0 Å². The fraction of sp³-hybridized carbons (Fsp3) is 1.00. The van der Waals surface area contributed by atoms with Gasteiger partial charge in [0.15, 0.2) is 0 Å². The second kappa shape index (κ2) is 6.41. The quantitative estimate of drug-likeness (QED) is 0.735. The fourth-order valence-corrected chi connectivity index (χ4v) is 2.74. The van der Waals surface area contributed by atoms with E-state index in [2.05, 4.69) is 18.7 Å². The maximum Gasteiger partial charge on any atom is 0.0108 e. The minimum absolute atomic E-state index is 0.741. The Kier molecular flexibility index (Phi) is 5.49. The average molecular weight is 198 g/mol. The Morgan fingerprint density at radius 3 is 2.71 bits per heavy atom. The average Bonchev–Trinajstić information content (AvgIpc) is 2.26. The second-order valence-corrected chi connectivity index (χ2v) is 4.44. The Hall–Kier alpha value is -0.0800. The van der Waals surface area contributed by atoms with Gasteiger partial charge in [-0.05, 0) is 45.2 Å². The molecule has 1 rings (SSSR count). The zero-order valence-electron chi connectivity index (χ0n) is 9.84. The molecule has 0 aromatic heterocycles. The number of hydrogen-bond acceptors (Lipinski definition) is 2. The minimum atomic E-state index is 0.741. The van der Waals surface area contributed by atoms with Gasteiger partial charge in [-0.25, -0.2) is 0 Å². The van der Waals surface area contributed by atoms with Crippen molar-refractivity contribution in [2.45, 2.75) is 64.5 Å². The van der Waals surface area contributed by atoms with Gasteiger partial charge in [-0.1, -0.05) is 20.3 Å². The maximum absolute atomic E-state index is 5.67. The predicted octanol–water partition coefficient (Wildman–Crippen LogP) is 2.38. The second-order valence-electron chi connectivity index (χ2n) is 4.44. The summed E-state index contributed by atoms with van der Waals surface area (Å²) in [6.45, 7) is 6.75. The highest BCUT2D eigenvalue weighted by molar-refractivity contribution is 4.81. The summed E-state index contributed by atoms with van der Waals surface area (Å²) in [5.41, 5.74) is 5.67. The van der Waals surface area contributed by atoms with E-state index in [9.17, 15) is 0 Å². The first-order chi connectivity index (χ1) is 6.83. The summed E-state index contributed by atoms with van der Waals surface area (Å²) in [5, 5.41) is 0. The number of nitrogens with two attached hydrogens (primary N) is 1. The van der Waals surface area contributed by atoms with E-state index in [1.807, 2.05) is 0 Å². The molecule has 14 heavy (non-hydrogen) atoms. The van der Waals surface area contributed by atoms with Crippen LogP contribution in [0, 0.1) is 0 Å². The van der Waals surface area contributed by atoms with Crippen LogP contribution in [0.4, 0.5) is 0 Å². The van der Waals surface area contributed by atoms with Crippen LogP contribution in [0.15, 0.2) is 0 Å². The van der Waals surface area contributed by atoms with E-state index in [1.54, 1.807) is 0 Å². The largest absolute Gasteiger partial charge is 0.330 e. The lowest BCUT2D eigenvalue weighted by molar-refractivity contribution is 0.0854. The monoisotopic (exact) mass is 198 g/mol. The molecule has 0 aliphatic carbocycles. The highest BCUT2D eigenvalue weighted by Gasteiger charge is 2.25. The van der Waals surface area contributed by atoms with Crippen molar-refractivity contribution in [3.63, 3.8) is 0 Å². The third-order valence-electron chi connectivity index (χ3n) is 3.58. The van der Waals surface area contributed by atoms with Crippen molar-refractivity contribution in [1.29, 1.82) is 0 Å². The van der Waals surface area contributed by atoms with Gasteiger partial charge in [0.25, 0.3) is 0 Å². The topological polar surface area (TPSA) is 29.3 Å². The summed E-state index contributed by atoms with van der Waals surface area (Å²) in [6, 6.07) is 1.57. The van der Waals surface area contributed by atoms with Crippen LogP contribution in [0.1, 0.15) is 52.4 Å². The molecule has 0 amide bonds. The molecule has 1 saturated heterocycles. The SMILES string of the molecule is CCC(CCN)N1CCCCC1CC. The van der Waals surface area contributed by atoms with Crippen LogP contribution in [0.3, 0.4) is 0 Å². The molecule has 2 N–H and O–H groups in total. The maximum atomic E-state index is 5.67. The summed E-state index contributed by atoms with van der Waals surface area (Å²) >= 11 is 0. The third kappa shape index (κ3) is 2.96. The van der Waals surface area contributed by atoms with E-state index < -0.39 is 0 Å². The Balaban J connectivity index is 2.51. The molecule has 1 aliphatic heterocycles. The van der Waals surface area contributed by atoms with Crippen molar-refractivity contribution in [2.75, 3.05) is 13.1 Å². The van der Waals surface area contributed by atoms with Crippen molar-refractivity contribution in [1.82, 2.24) is 4.90 Å². The third-order valence-corrected chi connectivity index (χ3v) is 3.58. The van der Waals surface area contributed by atoms with Gasteiger partial charge in [0, 0.05) is 12.1 Å². The normalized spacial score (nSPS) is 26.4. The number of hydrogen-bond donors (Lipinski definition) is 1. The van der Waals surface area contributed by atoms with Gasteiger partial charge in [0.05, 0.1) is 0 Å². The van der Waals surface area contributed by atoms with Crippen molar-refractivity contribution in [3.05, 3.63) is 0 Å². The van der Waals surface area contributed by atoms with Crippen LogP contribution in [-0.2, 0) is 0 Å². The molecule has 2 unspecified atom stereocenters. The zero-order chi connectivity index (χ0) is 10.4. The lowest BCUT2D eigenvalue weighted by Gasteiger charge is -2.40. The molecule has 0 saturated carbocycles. The summed E-state index contributed by atoms with van der Waals surface area (Å²) in [7, 11) is 0. The van der Waals surface area contributed by atoms with Crippen molar-refractivity contribution in [2.24, 2.45) is 5.73 Å². The zero-order valence-corrected chi connectivity index (χ0v) is 9.84. The molecule has 84 valence electrons. The number of likely N-dealkylation sites (tertiary alicyclic amines) is 1. The van der Waals surface area contributed by atoms with Crippen LogP contribution in [0.2, 0.25) is 0 Å². The Labute approximate surface area is 88.8 Å². The van der Waals surface area contributed by atoms with Gasteiger partial charge in [0.2, 0.25) is 0 Å². The molecule has 0 aromatic carbocycles. The van der Waals surface area contributed by atoms with Crippen molar-refractivity contribution in [3.8, 4) is 0 Å². The first-order valence-corrected chi connectivity index (χ1v) is 6.29. The highest BCUT2D eigenvalue weighted by Crippen LogP contribution is 2.24. The van der Waals surface area contributed by atoms with Gasteiger partial charge in [0.1, 0.15) is 0 Å². The van der Waals surface area contributed by atoms with Crippen LogP contribution in [0.25, 0.3) is 0 Å². The molecule has 0 spiro atoms. The molecule has 0 radical (unpaired) electrons. The predicted molar refractivity (Wildman–Crippen MR) is 62.4 cm³/mol. The van der Waals surface area contributed by atoms with Gasteiger partial charge in [-0.3, -0.25) is 4.90 Å². The van der Waals surface area contributed by atoms with Gasteiger partial charge < -0.3 is 5.73 Å². The highest BCUT2D eigenvalue weighted by atomic mass is 15.2. The first-order valence-electron chi connectivity index (χ1n) is 6.29. The number of rotatable bonds is 5. The summed E-state index contributed by atoms with van der Waals surface area (Å²) in [5.74, 6) is 0. The van der Waals surface area contributed by atoms with Crippen molar-refractivity contribution < 1.29 is 0 Å². The summed E-state index contributed by atoms with van der Waals surface area (Å²) in [4.78, 5) is 2.72. The molecule has 0 bridgehead atoms. The Morgan fingerprint density at radius 2 is 2.14 bits per heavy atom. The van der Waals surface area contributed by atoms with Crippen LogP contribution in [0.5, 0.6) is 0 Å². The standard InChI is InChI=1S/C12H26N2/c1-3-11-7-5-6-10-14(11)12(4-2)8-9-13/h11-12H,3-10,13H2,1-2H3. The van der Waals surface area contributed by atoms with Crippen LogP contribution >= 0.6 is 0 Å². The molecule has 2 atom stereocenters. The smallest absolute Gasteiger partial charge is 0.0108 e. The lowest BCUT2D eigenvalue weighted by Crippen LogP contribution is -2.46. The molecular weight excluding hydrogens is 172 g/mol. The molecule has 2 heteroatoms. The Morgan fingerprint density at radius 1 is 1.36 bits per heavy atom. The van der Waals surface area contributed by atoms with E-state index in [1.165, 1.54) is 45.1 Å². The summed E-state index contributed by atoms with van der Waals surface area (Å²) < 4.78 is 0. The van der Waals surface area contributed by atoms with Gasteiger partial charge in [-0.15, -0.1) is 0 Å². The molecular formula is C12H26N2. The van der Waals surface area contributed by atoms with Gasteiger partial charge >= 0.3 is 0 Å². The van der Waals surface area contributed by atoms with E-state index in [-0.39, 0.29) is 0 Å². The van der Waals surface area contributed by atoms with Crippen LogP contribution < -0.4 is 5.73 Å². The minimum Gasteiger partial charge on any atom is -0.330 e. The van der Waals surface area contributed by atoms with E-state index in [0.29, 0.717) is 0 Å². The first kappa shape index (κ1) is 12.0. The number of nitrogens with zero attached hydrogens (tertiary/aromatic N) is 1. The Bertz CT molecular complexity index is 147. The van der Waals surface area contributed by atoms with E-state index in [0.717, 1.165) is 18.6 Å². The van der Waals surface area contributed by atoms with E-state index >= 15 is 0 Å². The molecule has 0 aromatic rings. The fourth-order valence-electron chi connectivity index (χ4n) is 2.74.